The lowest BCUT2D eigenvalue weighted by atomic mass is 10.1. The Morgan fingerprint density at radius 2 is 1.63 bits per heavy atom. The van der Waals surface area contributed by atoms with Crippen LogP contribution in [-0.4, -0.2) is 90.2 Å². The summed E-state index contributed by atoms with van der Waals surface area (Å²) >= 11 is 8.76. The van der Waals surface area contributed by atoms with Gasteiger partial charge in [0.05, 0.1) is 25.6 Å². The molecule has 1 saturated carbocycles. The van der Waals surface area contributed by atoms with Gasteiger partial charge in [-0.2, -0.15) is 0 Å². The quantitative estimate of drug-likeness (QED) is 0.0852. The number of H-pyrrole nitrogens is 1. The minimum Gasteiger partial charge on any atom is -0.474 e. The van der Waals surface area contributed by atoms with Gasteiger partial charge in [0.25, 0.3) is 5.56 Å². The van der Waals surface area contributed by atoms with Crippen molar-refractivity contribution in [3.05, 3.63) is 47.3 Å². The number of halogens is 1. The summed E-state index contributed by atoms with van der Waals surface area (Å²) in [4.78, 5) is 39.6. The van der Waals surface area contributed by atoms with Gasteiger partial charge in [-0.3, -0.25) is 18.4 Å². The van der Waals surface area contributed by atoms with Crippen LogP contribution < -0.4 is 10.3 Å². The molecule has 2 aliphatic heterocycles. The largest absolute Gasteiger partial charge is 0.474 e. The zero-order chi connectivity index (χ0) is 41.7. The molecule has 24 heteroatoms. The number of rotatable bonds is 11. The van der Waals surface area contributed by atoms with E-state index in [1.165, 1.54) is 17.1 Å². The molecule has 17 nitrogen and oxygen atoms in total. The van der Waals surface area contributed by atoms with Gasteiger partial charge < -0.3 is 36.9 Å². The average Bonchev–Trinajstić information content (AvgIpc) is 3.78. The number of nitrogens with one attached hydrogen (secondary N) is 1. The van der Waals surface area contributed by atoms with Crippen LogP contribution in [0.3, 0.4) is 0 Å². The number of thiol groups is 2. The highest BCUT2D eigenvalue weighted by molar-refractivity contribution is 8.44. The van der Waals surface area contributed by atoms with Crippen LogP contribution in [0.1, 0.15) is 74.5 Å². The molecule has 0 aromatic carbocycles. The Balaban J connectivity index is 1.43. The van der Waals surface area contributed by atoms with Crippen molar-refractivity contribution in [2.24, 2.45) is 5.92 Å². The highest BCUT2D eigenvalue weighted by Crippen LogP contribution is 2.61. The molecule has 0 unspecified atom stereocenters. The summed E-state index contributed by atoms with van der Waals surface area (Å²) in [7, 11) is -7.14. The SMILES string of the molecule is CC(C)[Si](O)(O[Si](O[C@H]1[C@H]2O[P@](=O)(S)OC[C@H]3C[C@@H](Oc4ccncn4)C[C@@H]3O[P@](=O)(S)OC[C@H]1O[C@H]2n1cc(F)c2c(=O)[nH]cnc21)(C(C)C)C(C)C)C(C)C. The van der Waals surface area contributed by atoms with Gasteiger partial charge in [-0.25, -0.2) is 28.5 Å². The third-order valence-electron chi connectivity index (χ3n) is 10.8. The first-order chi connectivity index (χ1) is 26.7. The summed E-state index contributed by atoms with van der Waals surface area (Å²) in [6, 6.07) is 1.60. The summed E-state index contributed by atoms with van der Waals surface area (Å²) in [5.74, 6) is -1.12. The van der Waals surface area contributed by atoms with Crippen molar-refractivity contribution in [3.63, 3.8) is 0 Å². The molecule has 3 fully saturated rings. The van der Waals surface area contributed by atoms with E-state index in [0.29, 0.717) is 12.3 Å². The lowest BCUT2D eigenvalue weighted by molar-refractivity contribution is -0.0489. The fraction of sp³-hybridized carbons (Fsp3) is 0.697. The summed E-state index contributed by atoms with van der Waals surface area (Å²) in [5.41, 5.74) is -1.86. The zero-order valence-corrected chi connectivity index (χ0v) is 38.5. The summed E-state index contributed by atoms with van der Waals surface area (Å²) in [6.07, 6.45) is -0.938. The predicted molar refractivity (Wildman–Crippen MR) is 218 cm³/mol. The molecule has 6 rings (SSSR count). The third-order valence-corrected chi connectivity index (χ3v) is 23.9. The van der Waals surface area contributed by atoms with Gasteiger partial charge >= 0.3 is 30.7 Å². The van der Waals surface area contributed by atoms with Gasteiger partial charge in [-0.15, -0.1) is 0 Å². The van der Waals surface area contributed by atoms with Crippen LogP contribution >= 0.6 is 38.1 Å². The third kappa shape index (κ3) is 9.54. The average molecular weight is 912 g/mol. The maximum absolute atomic E-state index is 15.5. The van der Waals surface area contributed by atoms with Crippen LogP contribution in [0.25, 0.3) is 11.0 Å². The zero-order valence-electron chi connectivity index (χ0n) is 33.0. The number of ether oxygens (including phenoxy) is 2. The molecule has 2 N–H and O–H groups in total. The molecular weight excluding hydrogens is 860 g/mol. The summed E-state index contributed by atoms with van der Waals surface area (Å²) < 4.78 is 96.3. The van der Waals surface area contributed by atoms with E-state index in [-0.39, 0.29) is 46.2 Å². The molecule has 3 aromatic rings. The lowest BCUT2D eigenvalue weighted by Crippen LogP contribution is -2.62. The van der Waals surface area contributed by atoms with Crippen LogP contribution in [0.5, 0.6) is 5.88 Å². The normalized spacial score (nSPS) is 31.8. The molecule has 1 aliphatic carbocycles. The molecule has 3 aliphatic rings. The van der Waals surface area contributed by atoms with Gasteiger partial charge in [-0.1, -0.05) is 79.9 Å². The molecule has 318 valence electrons. The fourth-order valence-electron chi connectivity index (χ4n) is 7.83. The van der Waals surface area contributed by atoms with Crippen LogP contribution in [-0.2, 0) is 40.5 Å². The first kappa shape index (κ1) is 45.0. The molecule has 5 heterocycles. The number of nitrogens with zero attached hydrogens (tertiary/aromatic N) is 4. The van der Waals surface area contributed by atoms with Crippen molar-refractivity contribution in [2.45, 2.75) is 127 Å². The van der Waals surface area contributed by atoms with Crippen LogP contribution in [0.2, 0.25) is 22.2 Å². The van der Waals surface area contributed by atoms with Gasteiger partial charge in [-0.05, 0) is 28.6 Å². The van der Waals surface area contributed by atoms with E-state index < -0.39 is 91.4 Å². The Morgan fingerprint density at radius 1 is 0.965 bits per heavy atom. The van der Waals surface area contributed by atoms with Crippen molar-refractivity contribution in [1.29, 1.82) is 0 Å². The number of hydrogen-bond donors (Lipinski definition) is 4. The smallest absolute Gasteiger partial charge is 0.386 e. The van der Waals surface area contributed by atoms with E-state index >= 15 is 4.39 Å². The molecule has 57 heavy (non-hydrogen) atoms. The maximum atomic E-state index is 15.5. The standard InChI is InChI=1S/C33H52FN5O12P2S2Si2/c1-18(2)56(43,19(3)4)51-57(20(5)6,21(7)8)50-29-26-15-45-52(41,54)48-25-12-23(46-27-9-10-35-16-36-27)11-22(25)14-44-53(42,55)49-30(29)33(47-26)39-13-24(34)28-31(39)37-17-38-32(28)40/h9-10,13,16-23,25-26,29-30,33,43H,11-12,14-15H2,1-8H3,(H,41,54)(H,42,55)(H,37,38,40)/t22-,23-,25+,26-,29-,30-,33-,52-,53-/m1/s1. The summed E-state index contributed by atoms with van der Waals surface area (Å²) in [5, 5.41) is -0.350. The number of aromatic amines is 1. The molecule has 2 bridgehead atoms. The van der Waals surface area contributed by atoms with Crippen LogP contribution in [0.4, 0.5) is 4.39 Å². The van der Waals surface area contributed by atoms with Crippen molar-refractivity contribution in [1.82, 2.24) is 24.5 Å². The number of fused-ring (bicyclic) bond motifs is 4. The second-order valence-corrected chi connectivity index (χ2v) is 30.3. The first-order valence-corrected chi connectivity index (χ1v) is 28.3. The Morgan fingerprint density at radius 3 is 2.26 bits per heavy atom. The Labute approximate surface area is 343 Å². The minimum absolute atomic E-state index is 0.105. The van der Waals surface area contributed by atoms with E-state index in [4.69, 9.17) is 36.1 Å². The number of hydrogen-bond acceptors (Lipinski definition) is 15. The molecule has 0 spiro atoms. The Bertz CT molecular complexity index is 2020. The van der Waals surface area contributed by atoms with E-state index in [1.807, 2.05) is 55.4 Å². The lowest BCUT2D eigenvalue weighted by Gasteiger charge is -2.47. The second-order valence-electron chi connectivity index (χ2n) is 15.9. The topological polar surface area (TPSA) is 205 Å². The van der Waals surface area contributed by atoms with E-state index in [9.17, 15) is 18.7 Å². The highest BCUT2D eigenvalue weighted by Gasteiger charge is 2.60. The molecule has 0 amide bonds. The van der Waals surface area contributed by atoms with Gasteiger partial charge in [0, 0.05) is 30.8 Å². The van der Waals surface area contributed by atoms with Gasteiger partial charge in [0.1, 0.15) is 36.1 Å². The van der Waals surface area contributed by atoms with E-state index in [0.717, 1.165) is 12.5 Å². The summed E-state index contributed by atoms with van der Waals surface area (Å²) in [6.45, 7) is 6.09. The van der Waals surface area contributed by atoms with Crippen LogP contribution in [0.15, 0.2) is 35.9 Å². The van der Waals surface area contributed by atoms with Crippen molar-refractivity contribution in [3.8, 4) is 5.88 Å². The first-order valence-electron chi connectivity index (χ1n) is 18.9. The van der Waals surface area contributed by atoms with Gasteiger partial charge in [0.15, 0.2) is 17.7 Å². The molecule has 0 radical (unpaired) electrons. The highest BCUT2D eigenvalue weighted by atomic mass is 32.7. The van der Waals surface area contributed by atoms with Crippen molar-refractivity contribution >= 4 is 66.2 Å². The molecular formula is C33H52FN5O12P2S2Si2. The second kappa shape index (κ2) is 17.5. The molecule has 2 saturated heterocycles. The predicted octanol–water partition coefficient (Wildman–Crippen LogP) is 7.22. The van der Waals surface area contributed by atoms with Crippen LogP contribution in [0, 0.1) is 11.7 Å². The number of aromatic nitrogens is 5. The van der Waals surface area contributed by atoms with E-state index in [1.54, 1.807) is 6.07 Å². The molecule has 3 aromatic heterocycles. The minimum atomic E-state index is -4.38. The van der Waals surface area contributed by atoms with Crippen molar-refractivity contribution < 1.29 is 54.4 Å². The van der Waals surface area contributed by atoms with Crippen molar-refractivity contribution in [2.75, 3.05) is 13.2 Å². The van der Waals surface area contributed by atoms with Gasteiger partial charge in [0.2, 0.25) is 5.88 Å². The Kier molecular flexibility index (Phi) is 13.8. The monoisotopic (exact) mass is 911 g/mol. The Hall–Kier alpha value is -1.50. The van der Waals surface area contributed by atoms with E-state index in [2.05, 4.69) is 44.4 Å². The fourth-order valence-corrected chi connectivity index (χ4v) is 20.8. The molecule has 9 atom stereocenters. The maximum Gasteiger partial charge on any atom is 0.386 e.